The maximum atomic E-state index is 5.94. The van der Waals surface area contributed by atoms with E-state index in [4.69, 9.17) is 16.3 Å². The Balaban J connectivity index is 2.16. The van der Waals surface area contributed by atoms with Crippen LogP contribution in [0.4, 0.5) is 0 Å². The van der Waals surface area contributed by atoms with E-state index in [9.17, 15) is 0 Å². The summed E-state index contributed by atoms with van der Waals surface area (Å²) in [7, 11) is 0. The van der Waals surface area contributed by atoms with Crippen molar-refractivity contribution < 1.29 is 4.74 Å². The molecular weight excluding hydrogens is 312 g/mol. The molecule has 3 heteroatoms. The fourth-order valence-electron chi connectivity index (χ4n) is 1.67. The summed E-state index contributed by atoms with van der Waals surface area (Å²) < 4.78 is 6.91. The second-order valence-electron chi connectivity index (χ2n) is 4.12. The van der Waals surface area contributed by atoms with Crippen molar-refractivity contribution in [3.8, 4) is 5.75 Å². The van der Waals surface area contributed by atoms with Gasteiger partial charge >= 0.3 is 0 Å². The predicted molar refractivity (Wildman–Crippen MR) is 79.2 cm³/mol. The van der Waals surface area contributed by atoms with Crippen molar-refractivity contribution in [2.75, 3.05) is 0 Å². The van der Waals surface area contributed by atoms with Crippen LogP contribution in [0.3, 0.4) is 0 Å². The fraction of sp³-hybridized carbons (Fsp3) is 0.200. The highest BCUT2D eigenvalue weighted by atomic mass is 79.9. The first kappa shape index (κ1) is 13.4. The van der Waals surface area contributed by atoms with Crippen LogP contribution in [0.5, 0.6) is 5.75 Å². The topological polar surface area (TPSA) is 9.23 Å². The van der Waals surface area contributed by atoms with Gasteiger partial charge < -0.3 is 4.74 Å². The Morgan fingerprint density at radius 2 is 1.89 bits per heavy atom. The first-order valence-electron chi connectivity index (χ1n) is 5.72. The Labute approximate surface area is 121 Å². The molecule has 0 atom stereocenters. The maximum Gasteiger partial charge on any atom is 0.124 e. The van der Waals surface area contributed by atoms with Gasteiger partial charge in [-0.05, 0) is 30.2 Å². The SMILES string of the molecule is Cc1cc(OCc2ccccc2)c(CCl)cc1Br. The van der Waals surface area contributed by atoms with Crippen LogP contribution < -0.4 is 4.74 Å². The van der Waals surface area contributed by atoms with E-state index >= 15 is 0 Å². The second-order valence-corrected chi connectivity index (χ2v) is 5.24. The molecule has 2 rings (SSSR count). The standard InChI is InChI=1S/C15H14BrClO/c1-11-7-15(13(9-17)8-14(11)16)18-10-12-5-3-2-4-6-12/h2-8H,9-10H2,1H3. The summed E-state index contributed by atoms with van der Waals surface area (Å²) in [5.41, 5.74) is 3.30. The summed E-state index contributed by atoms with van der Waals surface area (Å²) in [6.07, 6.45) is 0. The van der Waals surface area contributed by atoms with Gasteiger partial charge in [0, 0.05) is 10.0 Å². The number of hydrogen-bond donors (Lipinski definition) is 0. The quantitative estimate of drug-likeness (QED) is 0.713. The Kier molecular flexibility index (Phi) is 4.67. The Bertz CT molecular complexity index is 526. The number of ether oxygens (including phenoxy) is 1. The highest BCUT2D eigenvalue weighted by Gasteiger charge is 2.07. The van der Waals surface area contributed by atoms with Gasteiger partial charge in [-0.15, -0.1) is 11.6 Å². The van der Waals surface area contributed by atoms with Gasteiger partial charge in [0.05, 0.1) is 5.88 Å². The third kappa shape index (κ3) is 3.27. The highest BCUT2D eigenvalue weighted by molar-refractivity contribution is 9.10. The zero-order valence-corrected chi connectivity index (χ0v) is 12.5. The first-order valence-corrected chi connectivity index (χ1v) is 7.05. The minimum Gasteiger partial charge on any atom is -0.489 e. The van der Waals surface area contributed by atoms with Gasteiger partial charge in [-0.2, -0.15) is 0 Å². The van der Waals surface area contributed by atoms with Crippen LogP contribution in [0.15, 0.2) is 46.9 Å². The number of aryl methyl sites for hydroxylation is 1. The molecule has 94 valence electrons. The second kappa shape index (κ2) is 6.26. The van der Waals surface area contributed by atoms with Gasteiger partial charge in [0.15, 0.2) is 0 Å². The summed E-state index contributed by atoms with van der Waals surface area (Å²) in [6, 6.07) is 14.1. The van der Waals surface area contributed by atoms with Crippen molar-refractivity contribution in [2.45, 2.75) is 19.4 Å². The molecule has 0 unspecified atom stereocenters. The third-order valence-electron chi connectivity index (χ3n) is 2.72. The molecule has 2 aromatic rings. The van der Waals surface area contributed by atoms with E-state index in [1.165, 1.54) is 0 Å². The Morgan fingerprint density at radius 3 is 2.56 bits per heavy atom. The molecule has 0 spiro atoms. The summed E-state index contributed by atoms with van der Waals surface area (Å²) in [5, 5.41) is 0. The van der Waals surface area contributed by atoms with Gasteiger partial charge in [0.1, 0.15) is 12.4 Å². The average molecular weight is 326 g/mol. The lowest BCUT2D eigenvalue weighted by molar-refractivity contribution is 0.303. The number of alkyl halides is 1. The van der Waals surface area contributed by atoms with E-state index in [-0.39, 0.29) is 0 Å². The van der Waals surface area contributed by atoms with Crippen molar-refractivity contribution in [2.24, 2.45) is 0 Å². The summed E-state index contributed by atoms with van der Waals surface area (Å²) in [6.45, 7) is 2.60. The molecule has 18 heavy (non-hydrogen) atoms. The lowest BCUT2D eigenvalue weighted by atomic mass is 10.1. The fourth-order valence-corrected chi connectivity index (χ4v) is 2.27. The first-order chi connectivity index (χ1) is 8.70. The van der Waals surface area contributed by atoms with E-state index in [0.717, 1.165) is 26.9 Å². The van der Waals surface area contributed by atoms with Crippen molar-refractivity contribution in [3.63, 3.8) is 0 Å². The molecule has 0 aliphatic carbocycles. The van der Waals surface area contributed by atoms with Crippen molar-refractivity contribution >= 4 is 27.5 Å². The number of benzene rings is 2. The van der Waals surface area contributed by atoms with Gasteiger partial charge in [0.25, 0.3) is 0 Å². The monoisotopic (exact) mass is 324 g/mol. The largest absolute Gasteiger partial charge is 0.489 e. The van der Waals surface area contributed by atoms with Crippen molar-refractivity contribution in [3.05, 3.63) is 63.6 Å². The van der Waals surface area contributed by atoms with E-state index in [0.29, 0.717) is 12.5 Å². The maximum absolute atomic E-state index is 5.94. The molecule has 0 radical (unpaired) electrons. The zero-order valence-electron chi connectivity index (χ0n) is 10.1. The molecular formula is C15H14BrClO. The summed E-state index contributed by atoms with van der Waals surface area (Å²) in [4.78, 5) is 0. The van der Waals surface area contributed by atoms with E-state index in [1.807, 2.05) is 49.4 Å². The molecule has 0 saturated heterocycles. The minimum atomic E-state index is 0.447. The molecule has 0 amide bonds. The lowest BCUT2D eigenvalue weighted by Gasteiger charge is -2.12. The number of hydrogen-bond acceptors (Lipinski definition) is 1. The van der Waals surface area contributed by atoms with Gasteiger partial charge in [-0.25, -0.2) is 0 Å². The molecule has 0 saturated carbocycles. The Morgan fingerprint density at radius 1 is 1.17 bits per heavy atom. The minimum absolute atomic E-state index is 0.447. The molecule has 2 aromatic carbocycles. The van der Waals surface area contributed by atoms with E-state index in [2.05, 4.69) is 15.9 Å². The molecule has 0 aliphatic heterocycles. The molecule has 0 bridgehead atoms. The van der Waals surface area contributed by atoms with Crippen molar-refractivity contribution in [1.29, 1.82) is 0 Å². The van der Waals surface area contributed by atoms with Crippen LogP contribution in [-0.4, -0.2) is 0 Å². The lowest BCUT2D eigenvalue weighted by Crippen LogP contribution is -1.98. The normalized spacial score (nSPS) is 10.4. The van der Waals surface area contributed by atoms with Gasteiger partial charge in [-0.1, -0.05) is 46.3 Å². The molecule has 0 aromatic heterocycles. The average Bonchev–Trinajstić information content (AvgIpc) is 2.41. The van der Waals surface area contributed by atoms with Crippen LogP contribution in [0.25, 0.3) is 0 Å². The van der Waals surface area contributed by atoms with Crippen LogP contribution in [-0.2, 0) is 12.5 Å². The van der Waals surface area contributed by atoms with E-state index < -0.39 is 0 Å². The molecule has 1 nitrogen and oxygen atoms in total. The Hall–Kier alpha value is -0.990. The smallest absolute Gasteiger partial charge is 0.124 e. The summed E-state index contributed by atoms with van der Waals surface area (Å²) in [5.74, 6) is 1.30. The molecule has 0 fully saturated rings. The van der Waals surface area contributed by atoms with Crippen LogP contribution in [0.2, 0.25) is 0 Å². The van der Waals surface area contributed by atoms with Crippen molar-refractivity contribution in [1.82, 2.24) is 0 Å². The van der Waals surface area contributed by atoms with Crippen LogP contribution in [0, 0.1) is 6.92 Å². The third-order valence-corrected chi connectivity index (χ3v) is 3.87. The zero-order chi connectivity index (χ0) is 13.0. The highest BCUT2D eigenvalue weighted by Crippen LogP contribution is 2.28. The van der Waals surface area contributed by atoms with Crippen LogP contribution in [0.1, 0.15) is 16.7 Å². The van der Waals surface area contributed by atoms with Gasteiger partial charge in [0.2, 0.25) is 0 Å². The number of halogens is 2. The molecule has 0 aliphatic rings. The van der Waals surface area contributed by atoms with Gasteiger partial charge in [-0.3, -0.25) is 0 Å². The van der Waals surface area contributed by atoms with Crippen LogP contribution >= 0.6 is 27.5 Å². The number of rotatable bonds is 4. The molecule has 0 heterocycles. The van der Waals surface area contributed by atoms with E-state index in [1.54, 1.807) is 0 Å². The molecule has 0 N–H and O–H groups in total. The summed E-state index contributed by atoms with van der Waals surface area (Å²) >= 11 is 9.44. The predicted octanol–water partition coefficient (Wildman–Crippen LogP) is 5.08.